The van der Waals surface area contributed by atoms with Crippen molar-refractivity contribution in [1.29, 1.82) is 0 Å². The first-order valence-corrected chi connectivity index (χ1v) is 7.95. The average molecular weight is 315 g/mol. The largest absolute Gasteiger partial charge is 0.454 e. The van der Waals surface area contributed by atoms with E-state index in [4.69, 9.17) is 9.47 Å². The molecule has 0 saturated heterocycles. The summed E-state index contributed by atoms with van der Waals surface area (Å²) in [5.74, 6) is 0.957. The van der Waals surface area contributed by atoms with Gasteiger partial charge >= 0.3 is 0 Å². The van der Waals surface area contributed by atoms with Crippen LogP contribution in [0, 0.1) is 0 Å². The molecule has 2 aliphatic heterocycles. The van der Waals surface area contributed by atoms with Crippen LogP contribution in [0.1, 0.15) is 41.6 Å². The van der Waals surface area contributed by atoms with Crippen LogP contribution in [-0.4, -0.2) is 40.7 Å². The molecule has 4 aliphatic rings. The minimum atomic E-state index is -0.996. The molecule has 6 nitrogen and oxygen atoms in total. The molecule has 120 valence electrons. The van der Waals surface area contributed by atoms with Gasteiger partial charge in [-0.15, -0.1) is 0 Å². The third-order valence-electron chi connectivity index (χ3n) is 5.54. The number of hydrogen-bond acceptors (Lipinski definition) is 5. The van der Waals surface area contributed by atoms with Crippen LogP contribution in [0.5, 0.6) is 11.5 Å². The quantitative estimate of drug-likeness (QED) is 0.664. The van der Waals surface area contributed by atoms with Crippen molar-refractivity contribution in [2.24, 2.45) is 0 Å². The predicted molar refractivity (Wildman–Crippen MR) is 80.2 cm³/mol. The Morgan fingerprint density at radius 3 is 2.70 bits per heavy atom. The second kappa shape index (κ2) is 4.27. The minimum Gasteiger partial charge on any atom is -0.454 e. The molecular formula is C17H17NO5. The van der Waals surface area contributed by atoms with Gasteiger partial charge < -0.3 is 25.0 Å². The lowest BCUT2D eigenvalue weighted by Crippen LogP contribution is -2.66. The van der Waals surface area contributed by atoms with Gasteiger partial charge in [0, 0.05) is 0 Å². The lowest BCUT2D eigenvalue weighted by Gasteiger charge is -2.52. The number of fused-ring (bicyclic) bond motifs is 2. The molecule has 23 heavy (non-hydrogen) atoms. The molecule has 2 heterocycles. The Bertz CT molecular complexity index is 770. The Labute approximate surface area is 132 Å². The molecule has 1 amide bonds. The maximum Gasteiger partial charge on any atom is 0.252 e. The lowest BCUT2D eigenvalue weighted by molar-refractivity contribution is -0.0355. The molecule has 0 radical (unpaired) electrons. The Morgan fingerprint density at radius 1 is 1.17 bits per heavy atom. The first-order chi connectivity index (χ1) is 11.1. The topological polar surface area (TPSA) is 88.0 Å². The molecule has 6 heteroatoms. The van der Waals surface area contributed by atoms with Crippen LogP contribution in [0.2, 0.25) is 0 Å². The molecule has 1 aromatic rings. The van der Waals surface area contributed by atoms with E-state index in [1.54, 1.807) is 6.07 Å². The average Bonchev–Trinajstić information content (AvgIpc) is 2.99. The summed E-state index contributed by atoms with van der Waals surface area (Å²) in [4.78, 5) is 12.7. The fourth-order valence-electron chi connectivity index (χ4n) is 4.57. The van der Waals surface area contributed by atoms with E-state index in [-0.39, 0.29) is 12.7 Å². The number of aliphatic hydroxyl groups excluding tert-OH is 2. The van der Waals surface area contributed by atoms with Gasteiger partial charge in [-0.2, -0.15) is 0 Å². The number of benzene rings is 1. The highest BCUT2D eigenvalue weighted by Gasteiger charge is 2.55. The van der Waals surface area contributed by atoms with Crippen LogP contribution in [0.25, 0.3) is 5.57 Å². The summed E-state index contributed by atoms with van der Waals surface area (Å²) in [7, 11) is 0. The second-order valence-electron chi connectivity index (χ2n) is 6.72. The number of rotatable bonds is 0. The van der Waals surface area contributed by atoms with Crippen molar-refractivity contribution in [3.63, 3.8) is 0 Å². The third kappa shape index (κ3) is 1.57. The maximum atomic E-state index is 12.7. The minimum absolute atomic E-state index is 0.151. The van der Waals surface area contributed by atoms with Crippen LogP contribution in [-0.2, 0) is 0 Å². The van der Waals surface area contributed by atoms with E-state index in [9.17, 15) is 15.0 Å². The van der Waals surface area contributed by atoms with Crippen LogP contribution in [0.15, 0.2) is 17.7 Å². The van der Waals surface area contributed by atoms with Gasteiger partial charge in [0.25, 0.3) is 5.91 Å². The molecule has 3 N–H and O–H groups in total. The SMILES string of the molecule is O=C1N[C@@]23CCCC(=C2c2cc4c(cc21)OCO4)C[C@@H](O)[C@H]3O. The Kier molecular flexibility index (Phi) is 2.49. The zero-order chi connectivity index (χ0) is 15.8. The molecule has 2 bridgehead atoms. The monoisotopic (exact) mass is 315 g/mol. The van der Waals surface area contributed by atoms with E-state index in [2.05, 4.69) is 5.32 Å². The third-order valence-corrected chi connectivity index (χ3v) is 5.54. The van der Waals surface area contributed by atoms with Crippen molar-refractivity contribution in [3.8, 4) is 11.5 Å². The molecule has 0 saturated carbocycles. The van der Waals surface area contributed by atoms with Crippen LogP contribution in [0.4, 0.5) is 0 Å². The summed E-state index contributed by atoms with van der Waals surface area (Å²) in [5, 5.41) is 23.9. The first-order valence-electron chi connectivity index (χ1n) is 7.95. The van der Waals surface area contributed by atoms with Crippen LogP contribution >= 0.6 is 0 Å². The lowest BCUT2D eigenvalue weighted by atomic mass is 9.62. The molecular weight excluding hydrogens is 298 g/mol. The van der Waals surface area contributed by atoms with Gasteiger partial charge in [-0.3, -0.25) is 4.79 Å². The van der Waals surface area contributed by atoms with Crippen molar-refractivity contribution >= 4 is 11.5 Å². The fraction of sp³-hybridized carbons (Fsp3) is 0.471. The number of ether oxygens (including phenoxy) is 2. The summed E-state index contributed by atoms with van der Waals surface area (Å²) in [6, 6.07) is 3.55. The molecule has 0 fully saturated rings. The summed E-state index contributed by atoms with van der Waals surface area (Å²) in [6.45, 7) is 0.151. The van der Waals surface area contributed by atoms with E-state index < -0.39 is 17.7 Å². The smallest absolute Gasteiger partial charge is 0.252 e. The Hall–Kier alpha value is -2.05. The summed E-state index contributed by atoms with van der Waals surface area (Å²) in [6.07, 6.45) is 1.01. The fourth-order valence-corrected chi connectivity index (χ4v) is 4.57. The number of nitrogens with one attached hydrogen (secondary N) is 1. The van der Waals surface area contributed by atoms with Crippen molar-refractivity contribution in [2.45, 2.75) is 43.4 Å². The zero-order valence-corrected chi connectivity index (χ0v) is 12.5. The van der Waals surface area contributed by atoms with Gasteiger partial charge in [0.2, 0.25) is 6.79 Å². The number of hydrogen-bond donors (Lipinski definition) is 3. The summed E-state index contributed by atoms with van der Waals surface area (Å²) >= 11 is 0. The van der Waals surface area contributed by atoms with E-state index >= 15 is 0 Å². The number of carbonyl (C=O) groups is 1. The Balaban J connectivity index is 1.81. The van der Waals surface area contributed by atoms with Gasteiger partial charge in [0.05, 0.1) is 17.2 Å². The van der Waals surface area contributed by atoms with Gasteiger partial charge in [-0.25, -0.2) is 0 Å². The second-order valence-corrected chi connectivity index (χ2v) is 6.72. The molecule has 1 aromatic carbocycles. The number of amides is 1. The van der Waals surface area contributed by atoms with Crippen molar-refractivity contribution in [1.82, 2.24) is 5.32 Å². The van der Waals surface area contributed by atoms with Gasteiger partial charge in [0.1, 0.15) is 6.10 Å². The van der Waals surface area contributed by atoms with E-state index in [1.807, 2.05) is 6.07 Å². The number of carbonyl (C=O) groups excluding carboxylic acids is 1. The zero-order valence-electron chi connectivity index (χ0n) is 12.5. The maximum absolute atomic E-state index is 12.7. The first kappa shape index (κ1) is 13.4. The molecule has 0 unspecified atom stereocenters. The molecule has 2 aliphatic carbocycles. The van der Waals surface area contributed by atoms with Gasteiger partial charge in [-0.05, 0) is 49.0 Å². The van der Waals surface area contributed by atoms with Gasteiger partial charge in [0.15, 0.2) is 11.5 Å². The standard InChI is InChI=1S/C17H17NO5/c19-11-4-8-2-1-3-17(15(11)20)14(8)9-5-12-13(23-7-22-12)6-10(9)16(21)18-17/h5-6,11,15,19-20H,1-4,7H2,(H,18,21)/t11-,15-,17+/m1/s1. The van der Waals surface area contributed by atoms with E-state index in [1.165, 1.54) is 0 Å². The highest BCUT2D eigenvalue weighted by atomic mass is 16.7. The molecule has 0 spiro atoms. The molecule has 5 rings (SSSR count). The van der Waals surface area contributed by atoms with E-state index in [0.29, 0.717) is 29.9 Å². The van der Waals surface area contributed by atoms with Crippen LogP contribution in [0.3, 0.4) is 0 Å². The number of aliphatic hydroxyl groups is 2. The summed E-state index contributed by atoms with van der Waals surface area (Å²) < 4.78 is 10.8. The Morgan fingerprint density at radius 2 is 1.91 bits per heavy atom. The molecule has 3 atom stereocenters. The molecule has 0 aromatic heterocycles. The predicted octanol–water partition coefficient (Wildman–Crippen LogP) is 0.960. The normalized spacial score (nSPS) is 33.9. The van der Waals surface area contributed by atoms with Crippen molar-refractivity contribution < 1.29 is 24.5 Å². The van der Waals surface area contributed by atoms with Crippen LogP contribution < -0.4 is 14.8 Å². The van der Waals surface area contributed by atoms with Crippen molar-refractivity contribution in [2.75, 3.05) is 6.79 Å². The van der Waals surface area contributed by atoms with Crippen molar-refractivity contribution in [3.05, 3.63) is 28.8 Å². The highest BCUT2D eigenvalue weighted by Crippen LogP contribution is 2.52. The van der Waals surface area contributed by atoms with Gasteiger partial charge in [-0.1, -0.05) is 5.57 Å². The van der Waals surface area contributed by atoms with E-state index in [0.717, 1.165) is 29.6 Å². The highest BCUT2D eigenvalue weighted by molar-refractivity contribution is 6.07. The summed E-state index contributed by atoms with van der Waals surface area (Å²) in [5.41, 5.74) is 2.55.